The van der Waals surface area contributed by atoms with Crippen molar-refractivity contribution in [2.24, 2.45) is 17.8 Å². The smallest absolute Gasteiger partial charge is 0.307 e. The molecule has 3 atom stereocenters. The van der Waals surface area contributed by atoms with Gasteiger partial charge in [0, 0.05) is 11.9 Å². The van der Waals surface area contributed by atoms with E-state index in [0.717, 1.165) is 6.42 Å². The van der Waals surface area contributed by atoms with Gasteiger partial charge in [-0.25, -0.2) is 0 Å². The lowest BCUT2D eigenvalue weighted by Gasteiger charge is -2.23. The first kappa shape index (κ1) is 16.0. The Morgan fingerprint density at radius 2 is 2.05 bits per heavy atom. The van der Waals surface area contributed by atoms with Crippen LogP contribution in [0.2, 0.25) is 0 Å². The van der Waals surface area contributed by atoms with E-state index in [1.807, 2.05) is 18.4 Å². The van der Waals surface area contributed by atoms with Crippen molar-refractivity contribution in [3.63, 3.8) is 0 Å². The molecule has 1 amide bonds. The molecule has 2 rings (SSSR count). The first-order valence-corrected chi connectivity index (χ1v) is 8.32. The normalized spacial score (nSPS) is 25.0. The first-order chi connectivity index (χ1) is 9.93. The van der Waals surface area contributed by atoms with Crippen LogP contribution in [0.3, 0.4) is 0 Å². The van der Waals surface area contributed by atoms with Gasteiger partial charge in [-0.2, -0.15) is 0 Å². The maximum absolute atomic E-state index is 12.6. The highest BCUT2D eigenvalue weighted by Gasteiger charge is 2.43. The second-order valence-corrected chi connectivity index (χ2v) is 7.02. The maximum Gasteiger partial charge on any atom is 0.307 e. The van der Waals surface area contributed by atoms with Crippen LogP contribution in [-0.2, 0) is 16.1 Å². The fourth-order valence-corrected chi connectivity index (χ4v) is 4.12. The number of carboxylic acids is 1. The fourth-order valence-electron chi connectivity index (χ4n) is 3.16. The second-order valence-electron chi connectivity index (χ2n) is 6.02. The van der Waals surface area contributed by atoms with Crippen molar-refractivity contribution in [2.75, 3.05) is 7.05 Å². The molecule has 4 nitrogen and oxygen atoms in total. The number of carboxylic acid groups (broad SMARTS) is 1. The van der Waals surface area contributed by atoms with E-state index in [2.05, 4.69) is 6.92 Å². The van der Waals surface area contributed by atoms with E-state index in [9.17, 15) is 14.7 Å². The maximum atomic E-state index is 12.6. The first-order valence-electron chi connectivity index (χ1n) is 7.44. The number of nitrogens with zero attached hydrogens (tertiary/aromatic N) is 1. The third-order valence-corrected chi connectivity index (χ3v) is 5.60. The van der Waals surface area contributed by atoms with Gasteiger partial charge in [0.05, 0.1) is 18.4 Å². The molecule has 0 spiro atoms. The van der Waals surface area contributed by atoms with Gasteiger partial charge in [0.25, 0.3) is 0 Å². The number of carbonyl (C=O) groups excluding carboxylic acids is 1. The molecule has 1 aliphatic carbocycles. The summed E-state index contributed by atoms with van der Waals surface area (Å²) < 4.78 is 0. The van der Waals surface area contributed by atoms with Crippen LogP contribution < -0.4 is 0 Å². The summed E-state index contributed by atoms with van der Waals surface area (Å²) in [6.07, 6.45) is 2.29. The molecule has 116 valence electrons. The minimum absolute atomic E-state index is 0.0221. The average Bonchev–Trinajstić information content (AvgIpc) is 3.05. The Balaban J connectivity index is 2.07. The van der Waals surface area contributed by atoms with E-state index >= 15 is 0 Å². The summed E-state index contributed by atoms with van der Waals surface area (Å²) >= 11 is 1.64. The zero-order chi connectivity index (χ0) is 15.6. The lowest BCUT2D eigenvalue weighted by Crippen LogP contribution is -2.36. The van der Waals surface area contributed by atoms with Crippen molar-refractivity contribution in [3.8, 4) is 0 Å². The van der Waals surface area contributed by atoms with Crippen LogP contribution >= 0.6 is 11.3 Å². The van der Waals surface area contributed by atoms with E-state index in [1.165, 1.54) is 10.4 Å². The summed E-state index contributed by atoms with van der Waals surface area (Å²) in [6, 6.07) is 2.04. The van der Waals surface area contributed by atoms with Gasteiger partial charge in [0.2, 0.25) is 5.91 Å². The molecule has 0 bridgehead atoms. The van der Waals surface area contributed by atoms with Crippen molar-refractivity contribution in [1.29, 1.82) is 0 Å². The number of rotatable bonds is 5. The van der Waals surface area contributed by atoms with Gasteiger partial charge in [-0.15, -0.1) is 11.3 Å². The lowest BCUT2D eigenvalue weighted by atomic mass is 9.95. The van der Waals surface area contributed by atoms with E-state index in [0.29, 0.717) is 25.3 Å². The molecule has 1 fully saturated rings. The Morgan fingerprint density at radius 1 is 1.38 bits per heavy atom. The third-order valence-electron chi connectivity index (χ3n) is 4.60. The highest BCUT2D eigenvalue weighted by molar-refractivity contribution is 7.10. The lowest BCUT2D eigenvalue weighted by molar-refractivity contribution is -0.148. The Morgan fingerprint density at radius 3 is 2.57 bits per heavy atom. The van der Waals surface area contributed by atoms with Gasteiger partial charge in [0.1, 0.15) is 0 Å². The third kappa shape index (κ3) is 3.46. The van der Waals surface area contributed by atoms with Gasteiger partial charge < -0.3 is 10.0 Å². The van der Waals surface area contributed by atoms with Crippen LogP contribution in [0.4, 0.5) is 0 Å². The van der Waals surface area contributed by atoms with Gasteiger partial charge in [-0.05, 0) is 42.7 Å². The van der Waals surface area contributed by atoms with Gasteiger partial charge >= 0.3 is 5.97 Å². The number of carbonyl (C=O) groups is 2. The van der Waals surface area contributed by atoms with Crippen LogP contribution in [0.5, 0.6) is 0 Å². The number of thiophene rings is 1. The summed E-state index contributed by atoms with van der Waals surface area (Å²) in [5, 5.41) is 11.4. The zero-order valence-corrected chi connectivity index (χ0v) is 13.7. The van der Waals surface area contributed by atoms with E-state index in [-0.39, 0.29) is 11.8 Å². The predicted octanol–water partition coefficient (Wildman–Crippen LogP) is 3.15. The molecular formula is C16H23NO3S. The average molecular weight is 309 g/mol. The van der Waals surface area contributed by atoms with Crippen LogP contribution in [0.25, 0.3) is 0 Å². The molecule has 1 aliphatic rings. The summed E-state index contributed by atoms with van der Waals surface area (Å²) in [6.45, 7) is 4.67. The van der Waals surface area contributed by atoms with Gasteiger partial charge in [0.15, 0.2) is 0 Å². The summed E-state index contributed by atoms with van der Waals surface area (Å²) in [5.74, 6) is -1.37. The van der Waals surface area contributed by atoms with Crippen LogP contribution in [0.15, 0.2) is 11.4 Å². The van der Waals surface area contributed by atoms with Gasteiger partial charge in [-0.3, -0.25) is 9.59 Å². The SMILES string of the molecule is CCC1CC(C(=O)O)C(C(=O)N(C)Cc2sccc2C)C1. The van der Waals surface area contributed by atoms with Crippen molar-refractivity contribution >= 4 is 23.2 Å². The van der Waals surface area contributed by atoms with Gasteiger partial charge in [-0.1, -0.05) is 13.3 Å². The van der Waals surface area contributed by atoms with E-state index in [1.54, 1.807) is 23.3 Å². The highest BCUT2D eigenvalue weighted by atomic mass is 32.1. The number of aryl methyl sites for hydroxylation is 1. The van der Waals surface area contributed by atoms with E-state index < -0.39 is 11.9 Å². The Hall–Kier alpha value is -1.36. The Bertz CT molecular complexity index is 525. The monoisotopic (exact) mass is 309 g/mol. The molecule has 1 N–H and O–H groups in total. The standard InChI is InChI=1S/C16H23NO3S/c1-4-11-7-12(13(8-11)16(19)20)15(18)17(3)9-14-10(2)5-6-21-14/h5-6,11-13H,4,7-9H2,1-3H3,(H,19,20). The molecule has 0 saturated heterocycles. The van der Waals surface area contributed by atoms with E-state index in [4.69, 9.17) is 0 Å². The summed E-state index contributed by atoms with van der Waals surface area (Å²) in [7, 11) is 1.78. The molecule has 1 aromatic heterocycles. The number of amides is 1. The van der Waals surface area contributed by atoms with Crippen LogP contribution in [0, 0.1) is 24.7 Å². The molecule has 0 aliphatic heterocycles. The summed E-state index contributed by atoms with van der Waals surface area (Å²) in [5.41, 5.74) is 1.19. The largest absolute Gasteiger partial charge is 0.481 e. The van der Waals surface area contributed by atoms with Crippen molar-refractivity contribution in [2.45, 2.75) is 39.7 Å². The number of hydrogen-bond acceptors (Lipinski definition) is 3. The molecule has 0 aromatic carbocycles. The van der Waals surface area contributed by atoms with Crippen LogP contribution in [-0.4, -0.2) is 28.9 Å². The Labute approximate surface area is 129 Å². The molecule has 21 heavy (non-hydrogen) atoms. The number of hydrogen-bond donors (Lipinski definition) is 1. The van der Waals surface area contributed by atoms with Crippen LogP contribution in [0.1, 0.15) is 36.6 Å². The molecule has 3 unspecified atom stereocenters. The van der Waals surface area contributed by atoms with Crippen molar-refractivity contribution < 1.29 is 14.7 Å². The minimum Gasteiger partial charge on any atom is -0.481 e. The minimum atomic E-state index is -0.829. The fraction of sp³-hybridized carbons (Fsp3) is 0.625. The molecule has 1 heterocycles. The number of aliphatic carboxylic acids is 1. The Kier molecular flexibility index (Phi) is 5.04. The quantitative estimate of drug-likeness (QED) is 0.909. The topological polar surface area (TPSA) is 57.6 Å². The molecule has 5 heteroatoms. The predicted molar refractivity (Wildman–Crippen MR) is 83.2 cm³/mol. The second kappa shape index (κ2) is 6.60. The molecule has 1 aromatic rings. The summed E-state index contributed by atoms with van der Waals surface area (Å²) in [4.78, 5) is 26.9. The molecular weight excluding hydrogens is 286 g/mol. The highest BCUT2D eigenvalue weighted by Crippen LogP contribution is 2.39. The van der Waals surface area contributed by atoms with Crippen molar-refractivity contribution in [1.82, 2.24) is 4.90 Å². The zero-order valence-electron chi connectivity index (χ0n) is 12.8. The molecule has 0 radical (unpaired) electrons. The molecule has 1 saturated carbocycles. The van der Waals surface area contributed by atoms with Crippen molar-refractivity contribution in [3.05, 3.63) is 21.9 Å².